The fourth-order valence-electron chi connectivity index (χ4n) is 3.57. The number of methoxy groups -OCH3 is 1. The lowest BCUT2D eigenvalue weighted by Crippen LogP contribution is -2.33. The summed E-state index contributed by atoms with van der Waals surface area (Å²) in [5.41, 5.74) is 5.81. The van der Waals surface area contributed by atoms with Crippen molar-refractivity contribution in [1.29, 1.82) is 0 Å². The number of pyridine rings is 1. The highest BCUT2D eigenvalue weighted by molar-refractivity contribution is 9.10. The summed E-state index contributed by atoms with van der Waals surface area (Å²) in [7, 11) is 0.476. The minimum Gasteiger partial charge on any atom is -0.480 e. The predicted molar refractivity (Wildman–Crippen MR) is 133 cm³/mol. The van der Waals surface area contributed by atoms with Gasteiger partial charge < -0.3 is 14.0 Å². The van der Waals surface area contributed by atoms with Crippen LogP contribution in [0.25, 0.3) is 10.9 Å². The Balaban J connectivity index is 1.61. The van der Waals surface area contributed by atoms with Crippen LogP contribution in [-0.4, -0.2) is 43.8 Å². The number of aromatic nitrogens is 2. The minimum atomic E-state index is -1.11. The van der Waals surface area contributed by atoms with E-state index in [1.54, 1.807) is 7.11 Å². The van der Waals surface area contributed by atoms with Gasteiger partial charge in [-0.2, -0.15) is 0 Å². The van der Waals surface area contributed by atoms with Crippen molar-refractivity contribution in [2.45, 2.75) is 38.5 Å². The largest absolute Gasteiger partial charge is 0.480 e. The van der Waals surface area contributed by atoms with Gasteiger partial charge in [-0.3, -0.25) is 9.83 Å². The van der Waals surface area contributed by atoms with Crippen molar-refractivity contribution in [3.8, 4) is 5.88 Å². The van der Waals surface area contributed by atoms with Crippen molar-refractivity contribution in [1.82, 2.24) is 15.0 Å². The maximum atomic E-state index is 6.02. The van der Waals surface area contributed by atoms with E-state index >= 15 is 0 Å². The summed E-state index contributed by atoms with van der Waals surface area (Å²) in [6, 6.07) is 13.1. The van der Waals surface area contributed by atoms with Gasteiger partial charge >= 0.3 is 0 Å². The van der Waals surface area contributed by atoms with Gasteiger partial charge in [0.05, 0.1) is 17.1 Å². The standard InChI is InChI=1S/C23H29BrN4O3Si/c1-29-23-18(24)9-10-19(26-23)22-25-20(14-31-27-22)17-13-28(15-30-11-12-32(2,3)4)21-8-6-5-7-16(17)21/h5-10,13,20H,11-12,14-15H2,1-4H3,(H,25,27). The molecule has 1 N–H and O–H groups in total. The van der Waals surface area contributed by atoms with E-state index in [1.807, 2.05) is 12.1 Å². The monoisotopic (exact) mass is 516 g/mol. The number of hydrogen-bond donors (Lipinski definition) is 1. The fourth-order valence-corrected chi connectivity index (χ4v) is 4.71. The summed E-state index contributed by atoms with van der Waals surface area (Å²) in [5, 5.41) is 1.15. The second-order valence-electron chi connectivity index (χ2n) is 9.01. The first-order valence-electron chi connectivity index (χ1n) is 10.7. The maximum absolute atomic E-state index is 6.02. The molecule has 1 unspecified atom stereocenters. The summed E-state index contributed by atoms with van der Waals surface area (Å²) >= 11 is 3.44. The molecule has 3 aromatic rings. The lowest BCUT2D eigenvalue weighted by atomic mass is 10.1. The average molecular weight is 518 g/mol. The van der Waals surface area contributed by atoms with Crippen LogP contribution < -0.4 is 10.2 Å². The third-order valence-corrected chi connectivity index (χ3v) is 7.66. The second-order valence-corrected chi connectivity index (χ2v) is 15.5. The van der Waals surface area contributed by atoms with Gasteiger partial charge in [-0.15, -0.1) is 0 Å². The van der Waals surface area contributed by atoms with Crippen LogP contribution in [0.4, 0.5) is 0 Å². The number of nitrogens with one attached hydrogen (secondary N) is 1. The molecule has 9 heteroatoms. The second kappa shape index (κ2) is 9.74. The summed E-state index contributed by atoms with van der Waals surface area (Å²) < 4.78 is 14.3. The average Bonchev–Trinajstić information content (AvgIpc) is 3.15. The van der Waals surface area contributed by atoms with Crippen molar-refractivity contribution >= 4 is 40.7 Å². The molecule has 0 bridgehead atoms. The Morgan fingerprint density at radius 2 is 2.03 bits per heavy atom. The molecule has 0 aliphatic carbocycles. The highest BCUT2D eigenvalue weighted by atomic mass is 79.9. The van der Waals surface area contributed by atoms with Crippen LogP contribution in [0.3, 0.4) is 0 Å². The third kappa shape index (κ3) is 5.23. The first kappa shape index (κ1) is 23.0. The van der Waals surface area contributed by atoms with E-state index in [9.17, 15) is 0 Å². The molecule has 1 atom stereocenters. The van der Waals surface area contributed by atoms with Crippen LogP contribution in [0.2, 0.25) is 25.7 Å². The van der Waals surface area contributed by atoms with Crippen LogP contribution in [-0.2, 0) is 16.3 Å². The number of halogens is 1. The molecule has 3 heterocycles. The van der Waals surface area contributed by atoms with Crippen molar-refractivity contribution in [3.05, 3.63) is 58.3 Å². The molecule has 7 nitrogen and oxygen atoms in total. The zero-order valence-corrected chi connectivity index (χ0v) is 21.5. The first-order chi connectivity index (χ1) is 15.4. The number of fused-ring (bicyclic) bond motifs is 1. The van der Waals surface area contributed by atoms with Gasteiger partial charge in [-0.1, -0.05) is 37.8 Å². The number of nitrogens with zero attached hydrogens (tertiary/aromatic N) is 3. The number of hydroxylamine groups is 1. The Morgan fingerprint density at radius 1 is 1.22 bits per heavy atom. The Kier molecular flexibility index (Phi) is 6.99. The van der Waals surface area contributed by atoms with Gasteiger partial charge in [-0.05, 0) is 40.2 Å². The molecular formula is C23H29BrN4O3Si. The lowest BCUT2D eigenvalue weighted by Gasteiger charge is -2.21. The molecule has 0 spiro atoms. The molecule has 0 amide bonds. The third-order valence-electron chi connectivity index (χ3n) is 5.35. The minimum absolute atomic E-state index is 0.157. The van der Waals surface area contributed by atoms with Gasteiger partial charge in [0.25, 0.3) is 0 Å². The summed E-state index contributed by atoms with van der Waals surface area (Å²) in [4.78, 5) is 15.1. The quantitative estimate of drug-likeness (QED) is 0.331. The number of rotatable bonds is 8. The molecule has 0 fully saturated rings. The Bertz CT molecular complexity index is 1130. The lowest BCUT2D eigenvalue weighted by molar-refractivity contribution is 0.0619. The number of benzene rings is 1. The number of amidine groups is 1. The predicted octanol–water partition coefficient (Wildman–Crippen LogP) is 5.14. The van der Waals surface area contributed by atoms with Crippen LogP contribution in [0.5, 0.6) is 5.88 Å². The molecule has 170 valence electrons. The Labute approximate surface area is 197 Å². The van der Waals surface area contributed by atoms with Crippen molar-refractivity contribution in [2.24, 2.45) is 4.99 Å². The van der Waals surface area contributed by atoms with Crippen molar-refractivity contribution in [3.63, 3.8) is 0 Å². The molecule has 1 aliphatic rings. The first-order valence-corrected chi connectivity index (χ1v) is 15.2. The normalized spacial score (nSPS) is 16.7. The molecule has 32 heavy (non-hydrogen) atoms. The maximum Gasteiger partial charge on any atom is 0.228 e. The fraction of sp³-hybridized carbons (Fsp3) is 0.391. The molecule has 1 aromatic carbocycles. The number of aliphatic imine (C=N–C) groups is 1. The molecule has 0 radical (unpaired) electrons. The van der Waals surface area contributed by atoms with E-state index in [2.05, 4.69) is 81.1 Å². The number of hydrogen-bond acceptors (Lipinski definition) is 6. The molecule has 0 saturated carbocycles. The van der Waals surface area contributed by atoms with Gasteiger partial charge in [0.2, 0.25) is 5.88 Å². The smallest absolute Gasteiger partial charge is 0.228 e. The van der Waals surface area contributed by atoms with Gasteiger partial charge in [-0.25, -0.2) is 10.5 Å². The highest BCUT2D eigenvalue weighted by Crippen LogP contribution is 2.31. The summed E-state index contributed by atoms with van der Waals surface area (Å²) in [6.07, 6.45) is 2.13. The highest BCUT2D eigenvalue weighted by Gasteiger charge is 2.23. The summed E-state index contributed by atoms with van der Waals surface area (Å²) in [5.74, 6) is 1.08. The van der Waals surface area contributed by atoms with E-state index in [-0.39, 0.29) is 6.04 Å². The van der Waals surface area contributed by atoms with Gasteiger partial charge in [0.15, 0.2) is 5.84 Å². The van der Waals surface area contributed by atoms with E-state index < -0.39 is 8.07 Å². The number of ether oxygens (including phenoxy) is 2. The van der Waals surface area contributed by atoms with Crippen molar-refractivity contribution in [2.75, 3.05) is 20.3 Å². The number of para-hydroxylation sites is 1. The molecular weight excluding hydrogens is 488 g/mol. The van der Waals surface area contributed by atoms with Crippen molar-refractivity contribution < 1.29 is 14.3 Å². The van der Waals surface area contributed by atoms with E-state index in [1.165, 1.54) is 0 Å². The van der Waals surface area contributed by atoms with E-state index in [0.29, 0.717) is 30.7 Å². The Hall–Kier alpha value is -2.20. The molecule has 1 aliphatic heterocycles. The van der Waals surface area contributed by atoms with E-state index in [0.717, 1.165) is 33.6 Å². The van der Waals surface area contributed by atoms with Crippen LogP contribution in [0.15, 0.2) is 52.1 Å². The molecule has 2 aromatic heterocycles. The molecule has 4 rings (SSSR count). The topological polar surface area (TPSA) is 69.9 Å². The van der Waals surface area contributed by atoms with Crippen LogP contribution in [0.1, 0.15) is 17.3 Å². The molecule has 0 saturated heterocycles. The summed E-state index contributed by atoms with van der Waals surface area (Å²) in [6.45, 7) is 8.83. The Morgan fingerprint density at radius 3 is 2.81 bits per heavy atom. The van der Waals surface area contributed by atoms with Gasteiger partial charge in [0.1, 0.15) is 25.1 Å². The zero-order chi connectivity index (χ0) is 22.7. The van der Waals surface area contributed by atoms with E-state index in [4.69, 9.17) is 19.3 Å². The zero-order valence-electron chi connectivity index (χ0n) is 18.9. The van der Waals surface area contributed by atoms with Crippen LogP contribution >= 0.6 is 15.9 Å². The van der Waals surface area contributed by atoms with Gasteiger partial charge in [0, 0.05) is 31.8 Å². The SMILES string of the molecule is COc1nc(C2=NC(c3cn(COCC[Si](C)(C)C)c4ccccc34)CON2)ccc1Br. The van der Waals surface area contributed by atoms with Crippen LogP contribution in [0, 0.1) is 0 Å².